The van der Waals surface area contributed by atoms with E-state index in [1.807, 2.05) is 13.8 Å². The van der Waals surface area contributed by atoms with Crippen molar-refractivity contribution in [1.82, 2.24) is 5.32 Å². The fraction of sp³-hybridized carbons (Fsp3) is 0.438. The first-order chi connectivity index (χ1) is 10.8. The molecule has 0 saturated carbocycles. The predicted octanol–water partition coefficient (Wildman–Crippen LogP) is 1.88. The van der Waals surface area contributed by atoms with Crippen molar-refractivity contribution in [3.8, 4) is 5.75 Å². The number of carboxylic acid groups (broad SMARTS) is 1. The van der Waals surface area contributed by atoms with Gasteiger partial charge in [0.1, 0.15) is 11.3 Å². The van der Waals surface area contributed by atoms with Crippen molar-refractivity contribution in [1.29, 1.82) is 0 Å². The molecule has 0 heterocycles. The molecule has 23 heavy (non-hydrogen) atoms. The second-order valence-corrected chi connectivity index (χ2v) is 5.48. The van der Waals surface area contributed by atoms with Gasteiger partial charge in [-0.25, -0.2) is 4.79 Å². The summed E-state index contributed by atoms with van der Waals surface area (Å²) in [5.74, 6) is -1.11. The first-order valence-corrected chi connectivity index (χ1v) is 7.31. The van der Waals surface area contributed by atoms with Crippen LogP contribution in [0.25, 0.3) is 0 Å². The molecule has 0 aliphatic heterocycles. The van der Waals surface area contributed by atoms with Crippen LogP contribution < -0.4 is 15.4 Å². The number of amides is 2. The molecule has 0 spiro atoms. The van der Waals surface area contributed by atoms with E-state index < -0.39 is 11.9 Å². The lowest BCUT2D eigenvalue weighted by atomic mass is 10.1. The van der Waals surface area contributed by atoms with E-state index in [0.29, 0.717) is 18.0 Å². The van der Waals surface area contributed by atoms with Crippen LogP contribution >= 0.6 is 0 Å². The van der Waals surface area contributed by atoms with Crippen LogP contribution in [-0.2, 0) is 9.59 Å². The highest BCUT2D eigenvalue weighted by Crippen LogP contribution is 2.23. The van der Waals surface area contributed by atoms with E-state index in [1.54, 1.807) is 0 Å². The van der Waals surface area contributed by atoms with E-state index >= 15 is 0 Å². The molecular weight excluding hydrogens is 300 g/mol. The number of hydrogen-bond donors (Lipinski definition) is 3. The van der Waals surface area contributed by atoms with Crippen molar-refractivity contribution in [2.24, 2.45) is 5.92 Å². The molecule has 3 N–H and O–H groups in total. The zero-order valence-corrected chi connectivity index (χ0v) is 13.5. The number of hydrogen-bond acceptors (Lipinski definition) is 4. The summed E-state index contributed by atoms with van der Waals surface area (Å²) < 4.78 is 4.98. The van der Waals surface area contributed by atoms with Gasteiger partial charge in [0.05, 0.1) is 13.7 Å². The summed E-state index contributed by atoms with van der Waals surface area (Å²) in [6, 6.07) is 4.23. The van der Waals surface area contributed by atoms with Gasteiger partial charge >= 0.3 is 5.97 Å². The maximum Gasteiger partial charge on any atom is 0.339 e. The van der Waals surface area contributed by atoms with Gasteiger partial charge in [-0.2, -0.15) is 0 Å². The molecule has 0 fully saturated rings. The molecule has 7 nitrogen and oxygen atoms in total. The molecule has 2 amide bonds. The Balaban J connectivity index is 2.54. The van der Waals surface area contributed by atoms with Crippen LogP contribution in [0.2, 0.25) is 0 Å². The Labute approximate surface area is 135 Å². The number of rotatable bonds is 8. The van der Waals surface area contributed by atoms with E-state index in [1.165, 1.54) is 25.3 Å². The number of aromatic carboxylic acids is 1. The van der Waals surface area contributed by atoms with Crippen molar-refractivity contribution in [3.63, 3.8) is 0 Å². The second kappa shape index (κ2) is 8.77. The first-order valence-electron chi connectivity index (χ1n) is 7.31. The fourth-order valence-electron chi connectivity index (χ4n) is 1.84. The van der Waals surface area contributed by atoms with Crippen molar-refractivity contribution in [3.05, 3.63) is 23.8 Å². The molecule has 0 bridgehead atoms. The van der Waals surface area contributed by atoms with Crippen LogP contribution in [-0.4, -0.2) is 36.5 Å². The number of nitrogens with one attached hydrogen (secondary N) is 2. The third kappa shape index (κ3) is 6.37. The quantitative estimate of drug-likeness (QED) is 0.678. The predicted molar refractivity (Wildman–Crippen MR) is 85.7 cm³/mol. The van der Waals surface area contributed by atoms with Crippen molar-refractivity contribution in [2.45, 2.75) is 26.7 Å². The Kier molecular flexibility index (Phi) is 7.05. The molecule has 0 aliphatic rings. The average Bonchev–Trinajstić information content (AvgIpc) is 2.50. The van der Waals surface area contributed by atoms with Crippen LogP contribution in [0.1, 0.15) is 37.0 Å². The van der Waals surface area contributed by atoms with Crippen LogP contribution in [0, 0.1) is 5.92 Å². The molecule has 1 aromatic carbocycles. The van der Waals surface area contributed by atoms with E-state index in [-0.39, 0.29) is 23.8 Å². The smallest absolute Gasteiger partial charge is 0.339 e. The minimum absolute atomic E-state index is 0.00693. The Morgan fingerprint density at radius 2 is 1.91 bits per heavy atom. The summed E-state index contributed by atoms with van der Waals surface area (Å²) in [6.07, 6.45) is 1.15. The summed E-state index contributed by atoms with van der Waals surface area (Å²) in [5.41, 5.74) is 0.403. The molecular formula is C16H22N2O5. The van der Waals surface area contributed by atoms with Crippen LogP contribution in [0.15, 0.2) is 18.2 Å². The van der Waals surface area contributed by atoms with Crippen molar-refractivity contribution < 1.29 is 24.2 Å². The lowest BCUT2D eigenvalue weighted by molar-refractivity contribution is -0.124. The average molecular weight is 322 g/mol. The van der Waals surface area contributed by atoms with E-state index in [9.17, 15) is 14.4 Å². The standard InChI is InChI=1S/C16H22N2O5/c1-10(2)4-7-14(19)17-9-15(20)18-11-5-6-12(16(21)22)13(8-11)23-3/h5-6,8,10H,4,7,9H2,1-3H3,(H,17,19)(H,18,20)(H,21,22). The van der Waals surface area contributed by atoms with Crippen molar-refractivity contribution >= 4 is 23.5 Å². The van der Waals surface area contributed by atoms with E-state index in [0.717, 1.165) is 6.42 Å². The number of methoxy groups -OCH3 is 1. The van der Waals surface area contributed by atoms with E-state index in [4.69, 9.17) is 9.84 Å². The summed E-state index contributed by atoms with van der Waals surface area (Å²) in [6.45, 7) is 3.91. The Bertz CT molecular complexity index is 584. The van der Waals surface area contributed by atoms with Gasteiger partial charge in [0.25, 0.3) is 0 Å². The molecule has 0 saturated heterocycles. The lowest BCUT2D eigenvalue weighted by Gasteiger charge is -2.10. The molecule has 0 unspecified atom stereocenters. The zero-order valence-electron chi connectivity index (χ0n) is 13.5. The summed E-state index contributed by atoms with van der Waals surface area (Å²) >= 11 is 0. The molecule has 0 radical (unpaired) electrons. The highest BCUT2D eigenvalue weighted by atomic mass is 16.5. The monoisotopic (exact) mass is 322 g/mol. The topological polar surface area (TPSA) is 105 Å². The maximum atomic E-state index is 11.8. The minimum atomic E-state index is -1.11. The van der Waals surface area contributed by atoms with Gasteiger partial charge in [-0.3, -0.25) is 9.59 Å². The van der Waals surface area contributed by atoms with Gasteiger partial charge in [0.15, 0.2) is 0 Å². The Hall–Kier alpha value is -2.57. The molecule has 0 aliphatic carbocycles. The van der Waals surface area contributed by atoms with Crippen LogP contribution in [0.5, 0.6) is 5.75 Å². The van der Waals surface area contributed by atoms with Crippen LogP contribution in [0.3, 0.4) is 0 Å². The molecule has 1 aromatic rings. The number of anilines is 1. The minimum Gasteiger partial charge on any atom is -0.496 e. The van der Waals surface area contributed by atoms with Gasteiger partial charge in [-0.05, 0) is 24.5 Å². The fourth-order valence-corrected chi connectivity index (χ4v) is 1.84. The molecule has 0 atom stereocenters. The summed E-state index contributed by atoms with van der Waals surface area (Å²) in [5, 5.41) is 14.1. The van der Waals surface area contributed by atoms with Gasteiger partial charge in [-0.1, -0.05) is 13.8 Å². The number of carbonyl (C=O) groups excluding carboxylic acids is 2. The molecule has 7 heteroatoms. The summed E-state index contributed by atoms with van der Waals surface area (Å²) in [7, 11) is 1.35. The second-order valence-electron chi connectivity index (χ2n) is 5.48. The highest BCUT2D eigenvalue weighted by molar-refractivity contribution is 5.96. The SMILES string of the molecule is COc1cc(NC(=O)CNC(=O)CCC(C)C)ccc1C(=O)O. The largest absolute Gasteiger partial charge is 0.496 e. The van der Waals surface area contributed by atoms with Gasteiger partial charge in [-0.15, -0.1) is 0 Å². The third-order valence-electron chi connectivity index (χ3n) is 3.11. The maximum absolute atomic E-state index is 11.8. The highest BCUT2D eigenvalue weighted by Gasteiger charge is 2.12. The molecule has 126 valence electrons. The molecule has 0 aromatic heterocycles. The van der Waals surface area contributed by atoms with E-state index in [2.05, 4.69) is 10.6 Å². The molecule has 1 rings (SSSR count). The zero-order chi connectivity index (χ0) is 17.4. The van der Waals surface area contributed by atoms with Gasteiger partial charge < -0.3 is 20.5 Å². The number of benzene rings is 1. The number of carbonyl (C=O) groups is 3. The normalized spacial score (nSPS) is 10.3. The van der Waals surface area contributed by atoms with Crippen molar-refractivity contribution in [2.75, 3.05) is 19.0 Å². The first kappa shape index (κ1) is 18.5. The lowest BCUT2D eigenvalue weighted by Crippen LogP contribution is -2.32. The Morgan fingerprint density at radius 3 is 2.48 bits per heavy atom. The van der Waals surface area contributed by atoms with Crippen LogP contribution in [0.4, 0.5) is 5.69 Å². The number of ether oxygens (including phenoxy) is 1. The van der Waals surface area contributed by atoms with Gasteiger partial charge in [0.2, 0.25) is 11.8 Å². The Morgan fingerprint density at radius 1 is 1.22 bits per heavy atom. The van der Waals surface area contributed by atoms with Gasteiger partial charge in [0, 0.05) is 18.2 Å². The third-order valence-corrected chi connectivity index (χ3v) is 3.11. The number of carboxylic acids is 1. The summed E-state index contributed by atoms with van der Waals surface area (Å²) in [4.78, 5) is 34.3.